The minimum Gasteiger partial charge on any atom is -0.379 e. The molecule has 3 aromatic rings. The highest BCUT2D eigenvalue weighted by Crippen LogP contribution is 2.34. The molecule has 0 saturated carbocycles. The van der Waals surface area contributed by atoms with Crippen molar-refractivity contribution in [3.63, 3.8) is 0 Å². The van der Waals surface area contributed by atoms with Crippen LogP contribution < -0.4 is 4.90 Å². The highest BCUT2D eigenvalue weighted by molar-refractivity contribution is 7.89. The first-order chi connectivity index (χ1) is 18.2. The van der Waals surface area contributed by atoms with Crippen LogP contribution in [0.25, 0.3) is 10.2 Å². The average Bonchev–Trinajstić information content (AvgIpc) is 3.55. The van der Waals surface area contributed by atoms with Gasteiger partial charge < -0.3 is 4.74 Å². The van der Waals surface area contributed by atoms with Crippen molar-refractivity contribution in [3.8, 4) is 0 Å². The number of sulfonamides is 1. The molecule has 1 atom stereocenters. The second kappa shape index (κ2) is 11.3. The van der Waals surface area contributed by atoms with Crippen LogP contribution in [0.3, 0.4) is 0 Å². The van der Waals surface area contributed by atoms with Gasteiger partial charge >= 0.3 is 0 Å². The summed E-state index contributed by atoms with van der Waals surface area (Å²) >= 11 is 0.984. The Morgan fingerprint density at radius 1 is 1.08 bits per heavy atom. The van der Waals surface area contributed by atoms with Gasteiger partial charge in [-0.05, 0) is 49.6 Å². The highest BCUT2D eigenvalue weighted by Gasteiger charge is 2.42. The van der Waals surface area contributed by atoms with Crippen LogP contribution >= 0.6 is 11.3 Å². The van der Waals surface area contributed by atoms with E-state index in [1.54, 1.807) is 0 Å². The molecule has 1 aromatic heterocycles. The maximum Gasteiger partial charge on any atom is 0.247 e. The fourth-order valence-corrected chi connectivity index (χ4v) is 7.52. The van der Waals surface area contributed by atoms with Crippen LogP contribution in [0.4, 0.5) is 18.3 Å². The molecule has 0 aliphatic carbocycles. The number of halogens is 3. The van der Waals surface area contributed by atoms with E-state index in [4.69, 9.17) is 4.74 Å². The summed E-state index contributed by atoms with van der Waals surface area (Å²) in [6.07, 6.45) is 1.33. The molecule has 2 aliphatic rings. The summed E-state index contributed by atoms with van der Waals surface area (Å²) in [7, 11) is -4.07. The third-order valence-electron chi connectivity index (χ3n) is 6.77. The van der Waals surface area contributed by atoms with E-state index in [-0.39, 0.29) is 33.3 Å². The summed E-state index contributed by atoms with van der Waals surface area (Å²) in [5.41, 5.74) is -0.0420. The van der Waals surface area contributed by atoms with Gasteiger partial charge in [-0.3, -0.25) is 14.6 Å². The third kappa shape index (κ3) is 5.57. The van der Waals surface area contributed by atoms with Crippen LogP contribution in [-0.4, -0.2) is 80.5 Å². The van der Waals surface area contributed by atoms with Gasteiger partial charge in [0, 0.05) is 38.8 Å². The second-order valence-corrected chi connectivity index (χ2v) is 12.2. The Balaban J connectivity index is 1.43. The zero-order chi connectivity index (χ0) is 26.9. The minimum atomic E-state index is -4.07. The maximum absolute atomic E-state index is 14.4. The molecule has 1 unspecified atom stereocenters. The van der Waals surface area contributed by atoms with Crippen LogP contribution in [-0.2, 0) is 19.6 Å². The zero-order valence-electron chi connectivity index (χ0n) is 20.5. The molecule has 0 bridgehead atoms. The van der Waals surface area contributed by atoms with Gasteiger partial charge in [0.05, 0.1) is 22.8 Å². The summed E-state index contributed by atoms with van der Waals surface area (Å²) in [6, 6.07) is 5.38. The van der Waals surface area contributed by atoms with E-state index in [1.807, 2.05) is 0 Å². The van der Waals surface area contributed by atoms with Gasteiger partial charge in [-0.25, -0.2) is 26.6 Å². The first-order valence-electron chi connectivity index (χ1n) is 12.4. The van der Waals surface area contributed by atoms with E-state index < -0.39 is 39.4 Å². The lowest BCUT2D eigenvalue weighted by atomic mass is 10.2. The lowest BCUT2D eigenvalue weighted by Crippen LogP contribution is -2.48. The van der Waals surface area contributed by atoms with Gasteiger partial charge in [-0.1, -0.05) is 11.3 Å². The molecule has 2 aliphatic heterocycles. The molecule has 0 radical (unpaired) electrons. The lowest BCUT2D eigenvalue weighted by molar-refractivity contribution is -0.121. The van der Waals surface area contributed by atoms with E-state index in [0.717, 1.165) is 53.0 Å². The fraction of sp³-hybridized carbons (Fsp3) is 0.440. The number of ether oxygens (including phenoxy) is 1. The van der Waals surface area contributed by atoms with Crippen molar-refractivity contribution in [1.82, 2.24) is 14.2 Å². The van der Waals surface area contributed by atoms with Crippen molar-refractivity contribution in [2.45, 2.75) is 30.2 Å². The summed E-state index contributed by atoms with van der Waals surface area (Å²) in [5, 5.41) is 0.183. The van der Waals surface area contributed by atoms with Crippen molar-refractivity contribution < 1.29 is 31.1 Å². The number of carbonyl (C=O) groups is 1. The van der Waals surface area contributed by atoms with E-state index in [0.29, 0.717) is 39.0 Å². The Bertz CT molecular complexity index is 1410. The Morgan fingerprint density at radius 2 is 1.82 bits per heavy atom. The quantitative estimate of drug-likeness (QED) is 0.413. The number of hydrogen-bond acceptors (Lipinski definition) is 7. The molecule has 204 valence electrons. The highest BCUT2D eigenvalue weighted by atomic mass is 32.2. The average molecular weight is 569 g/mol. The number of morpholine rings is 1. The van der Waals surface area contributed by atoms with E-state index >= 15 is 0 Å². The Labute approximate surface area is 222 Å². The molecule has 3 heterocycles. The SMILES string of the molecule is O=C(C1CCCN1S(=O)(=O)c1ccc(F)cc1)N(CCCN1CCOCC1)c1nc2c(F)cc(F)cc2s1. The van der Waals surface area contributed by atoms with Gasteiger partial charge in [0.25, 0.3) is 0 Å². The second-order valence-electron chi connectivity index (χ2n) is 9.26. The van der Waals surface area contributed by atoms with Crippen LogP contribution in [0.15, 0.2) is 41.3 Å². The Kier molecular flexibility index (Phi) is 8.00. The third-order valence-corrected chi connectivity index (χ3v) is 9.72. The first kappa shape index (κ1) is 27.0. The van der Waals surface area contributed by atoms with Crippen LogP contribution in [0.2, 0.25) is 0 Å². The number of rotatable bonds is 8. The minimum absolute atomic E-state index is 0.0420. The molecular weight excluding hydrogens is 541 g/mol. The summed E-state index contributed by atoms with van der Waals surface area (Å²) in [6.45, 7) is 3.84. The molecule has 2 aromatic carbocycles. The predicted molar refractivity (Wildman–Crippen MR) is 137 cm³/mol. The molecule has 38 heavy (non-hydrogen) atoms. The maximum atomic E-state index is 14.4. The monoisotopic (exact) mass is 568 g/mol. The van der Waals surface area contributed by atoms with Crippen LogP contribution in [0.1, 0.15) is 19.3 Å². The standard InChI is InChI=1S/C25H27F3N4O4S2/c26-17-4-6-19(7-5-17)38(34,35)32-10-1-3-21(32)24(33)31(9-2-8-30-11-13-36-14-12-30)25-29-23-20(28)15-18(27)16-22(23)37-25/h4-7,15-16,21H,1-3,8-14H2. The first-order valence-corrected chi connectivity index (χ1v) is 14.6. The van der Waals surface area contributed by atoms with Gasteiger partial charge in [-0.2, -0.15) is 4.31 Å². The Hall–Kier alpha value is -2.58. The molecular formula is C25H27F3N4O4S2. The largest absolute Gasteiger partial charge is 0.379 e. The number of nitrogens with zero attached hydrogens (tertiary/aromatic N) is 4. The van der Waals surface area contributed by atoms with Crippen LogP contribution in [0.5, 0.6) is 0 Å². The van der Waals surface area contributed by atoms with E-state index in [2.05, 4.69) is 9.88 Å². The van der Waals surface area contributed by atoms with Gasteiger partial charge in [-0.15, -0.1) is 0 Å². The molecule has 2 saturated heterocycles. The number of anilines is 1. The Morgan fingerprint density at radius 3 is 2.55 bits per heavy atom. The molecule has 13 heteroatoms. The number of thiazole rings is 1. The van der Waals surface area contributed by atoms with Crippen molar-refractivity contribution in [2.75, 3.05) is 50.8 Å². The molecule has 5 rings (SSSR count). The van der Waals surface area contributed by atoms with E-state index in [9.17, 15) is 26.4 Å². The van der Waals surface area contributed by atoms with Crippen molar-refractivity contribution in [1.29, 1.82) is 0 Å². The number of carbonyl (C=O) groups excluding carboxylic acids is 1. The number of fused-ring (bicyclic) bond motifs is 1. The molecule has 1 amide bonds. The predicted octanol–water partition coefficient (Wildman–Crippen LogP) is 3.62. The number of hydrogen-bond donors (Lipinski definition) is 0. The molecule has 8 nitrogen and oxygen atoms in total. The van der Waals surface area contributed by atoms with Gasteiger partial charge in [0.1, 0.15) is 23.2 Å². The normalized spacial score (nSPS) is 19.3. The van der Waals surface area contributed by atoms with Gasteiger partial charge in [0.2, 0.25) is 15.9 Å². The van der Waals surface area contributed by atoms with Crippen molar-refractivity contribution in [2.24, 2.45) is 0 Å². The molecule has 2 fully saturated rings. The smallest absolute Gasteiger partial charge is 0.247 e. The molecule has 0 N–H and O–H groups in total. The number of benzene rings is 2. The lowest BCUT2D eigenvalue weighted by Gasteiger charge is -2.30. The number of amides is 1. The van der Waals surface area contributed by atoms with Gasteiger partial charge in [0.15, 0.2) is 10.9 Å². The zero-order valence-corrected chi connectivity index (χ0v) is 22.1. The fourth-order valence-electron chi connectivity index (χ4n) is 4.83. The van der Waals surface area contributed by atoms with E-state index in [1.165, 1.54) is 17.0 Å². The summed E-state index contributed by atoms with van der Waals surface area (Å²) < 4.78 is 75.2. The van der Waals surface area contributed by atoms with Crippen molar-refractivity contribution in [3.05, 3.63) is 53.8 Å². The summed E-state index contributed by atoms with van der Waals surface area (Å²) in [5.74, 6) is -2.62. The number of aromatic nitrogens is 1. The molecule has 0 spiro atoms. The topological polar surface area (TPSA) is 83.1 Å². The van der Waals surface area contributed by atoms with Crippen molar-refractivity contribution >= 4 is 42.6 Å². The summed E-state index contributed by atoms with van der Waals surface area (Å²) in [4.78, 5) is 21.7. The van der Waals surface area contributed by atoms with Crippen LogP contribution in [0, 0.1) is 17.5 Å².